The number of hydrogen-bond donors (Lipinski definition) is 2. The lowest BCUT2D eigenvalue weighted by atomic mass is 9.95. The van der Waals surface area contributed by atoms with E-state index in [-0.39, 0.29) is 17.7 Å². The predicted molar refractivity (Wildman–Crippen MR) is 83.3 cm³/mol. The number of carbonyl (C=O) groups is 1. The van der Waals surface area contributed by atoms with E-state index in [1.165, 1.54) is 0 Å². The highest BCUT2D eigenvalue weighted by Gasteiger charge is 2.21. The Kier molecular flexibility index (Phi) is 6.82. The van der Waals surface area contributed by atoms with Crippen LogP contribution in [0.25, 0.3) is 0 Å². The maximum absolute atomic E-state index is 12.2. The second-order valence-electron chi connectivity index (χ2n) is 5.06. The molecule has 1 aromatic carbocycles. The van der Waals surface area contributed by atoms with Gasteiger partial charge in [-0.3, -0.25) is 4.79 Å². The second-order valence-corrected chi connectivity index (χ2v) is 5.50. The van der Waals surface area contributed by atoms with Crippen molar-refractivity contribution in [2.45, 2.75) is 27.2 Å². The zero-order chi connectivity index (χ0) is 15.1. The number of hydrogen-bond acceptors (Lipinski definition) is 3. The van der Waals surface area contributed by atoms with Gasteiger partial charge < -0.3 is 15.8 Å². The smallest absolute Gasteiger partial charge is 0.229 e. The molecule has 0 saturated carbocycles. The number of nitrogens with two attached hydrogens (primary N) is 1. The lowest BCUT2D eigenvalue weighted by Crippen LogP contribution is -2.33. The number of benzene rings is 1. The summed E-state index contributed by atoms with van der Waals surface area (Å²) in [7, 11) is 0. The molecule has 4 nitrogen and oxygen atoms in total. The van der Waals surface area contributed by atoms with Gasteiger partial charge in [-0.05, 0) is 30.5 Å². The van der Waals surface area contributed by atoms with Gasteiger partial charge in [-0.1, -0.05) is 32.4 Å². The van der Waals surface area contributed by atoms with Crippen molar-refractivity contribution >= 4 is 23.2 Å². The van der Waals surface area contributed by atoms with Gasteiger partial charge >= 0.3 is 0 Å². The van der Waals surface area contributed by atoms with Gasteiger partial charge in [0.15, 0.2) is 0 Å². The Bertz CT molecular complexity index is 449. The standard InChI is InChI=1S/C15H23ClN2O2/c1-4-7-20-14-6-5-11(16)8-13(14)18-15(19)12(9-17)10(2)3/h5-6,8,10,12H,4,7,9,17H2,1-3H3,(H,18,19). The summed E-state index contributed by atoms with van der Waals surface area (Å²) in [6.45, 7) is 6.88. The van der Waals surface area contributed by atoms with Crippen LogP contribution in [0.4, 0.5) is 5.69 Å². The molecule has 3 N–H and O–H groups in total. The molecular formula is C15H23ClN2O2. The number of amides is 1. The van der Waals surface area contributed by atoms with Crippen LogP contribution in [-0.2, 0) is 4.79 Å². The maximum Gasteiger partial charge on any atom is 0.229 e. The summed E-state index contributed by atoms with van der Waals surface area (Å²) in [6, 6.07) is 5.20. The summed E-state index contributed by atoms with van der Waals surface area (Å²) in [5.41, 5.74) is 6.25. The van der Waals surface area contributed by atoms with E-state index in [1.807, 2.05) is 20.8 Å². The molecule has 1 amide bonds. The average molecular weight is 299 g/mol. The number of nitrogens with one attached hydrogen (secondary N) is 1. The molecule has 0 saturated heterocycles. The molecule has 0 radical (unpaired) electrons. The fourth-order valence-corrected chi connectivity index (χ4v) is 2.02. The topological polar surface area (TPSA) is 64.3 Å². The molecule has 0 aromatic heterocycles. The van der Waals surface area contributed by atoms with Gasteiger partial charge in [0.25, 0.3) is 0 Å². The van der Waals surface area contributed by atoms with E-state index in [4.69, 9.17) is 22.1 Å². The fourth-order valence-electron chi connectivity index (χ4n) is 1.85. The second kappa shape index (κ2) is 8.12. The van der Waals surface area contributed by atoms with Crippen molar-refractivity contribution in [2.24, 2.45) is 17.6 Å². The third-order valence-electron chi connectivity index (χ3n) is 3.06. The SMILES string of the molecule is CCCOc1ccc(Cl)cc1NC(=O)C(CN)C(C)C. The van der Waals surface area contributed by atoms with Crippen LogP contribution in [0.15, 0.2) is 18.2 Å². The van der Waals surface area contributed by atoms with E-state index in [1.54, 1.807) is 18.2 Å². The molecule has 5 heteroatoms. The molecular weight excluding hydrogens is 276 g/mol. The lowest BCUT2D eigenvalue weighted by molar-refractivity contribution is -0.120. The van der Waals surface area contributed by atoms with E-state index in [0.717, 1.165) is 6.42 Å². The zero-order valence-electron chi connectivity index (χ0n) is 12.3. The largest absolute Gasteiger partial charge is 0.491 e. The molecule has 1 atom stereocenters. The summed E-state index contributed by atoms with van der Waals surface area (Å²) in [4.78, 5) is 12.2. The fraction of sp³-hybridized carbons (Fsp3) is 0.533. The highest BCUT2D eigenvalue weighted by Crippen LogP contribution is 2.29. The first-order chi connectivity index (χ1) is 9.49. The summed E-state index contributed by atoms with van der Waals surface area (Å²) < 4.78 is 5.61. The van der Waals surface area contributed by atoms with Crippen molar-refractivity contribution in [3.05, 3.63) is 23.2 Å². The van der Waals surface area contributed by atoms with Crippen molar-refractivity contribution in [3.63, 3.8) is 0 Å². The van der Waals surface area contributed by atoms with Gasteiger partial charge in [0.1, 0.15) is 5.75 Å². The summed E-state index contributed by atoms with van der Waals surface area (Å²) >= 11 is 5.98. The monoisotopic (exact) mass is 298 g/mol. The highest BCUT2D eigenvalue weighted by atomic mass is 35.5. The Morgan fingerprint density at radius 3 is 2.70 bits per heavy atom. The Morgan fingerprint density at radius 2 is 2.15 bits per heavy atom. The first-order valence-corrected chi connectivity index (χ1v) is 7.30. The Balaban J connectivity index is 2.89. The molecule has 0 heterocycles. The normalized spacial score (nSPS) is 12.3. The molecule has 0 fully saturated rings. The van der Waals surface area contributed by atoms with Gasteiger partial charge in [-0.25, -0.2) is 0 Å². The van der Waals surface area contributed by atoms with Crippen LogP contribution in [0.1, 0.15) is 27.2 Å². The molecule has 0 aliphatic heterocycles. The molecule has 112 valence electrons. The minimum absolute atomic E-state index is 0.105. The average Bonchev–Trinajstić information content (AvgIpc) is 2.38. The van der Waals surface area contributed by atoms with Gasteiger partial charge in [0.05, 0.1) is 18.2 Å². The van der Waals surface area contributed by atoms with Gasteiger partial charge in [0, 0.05) is 11.6 Å². The van der Waals surface area contributed by atoms with Gasteiger partial charge in [-0.2, -0.15) is 0 Å². The van der Waals surface area contributed by atoms with Crippen LogP contribution < -0.4 is 15.8 Å². The first-order valence-electron chi connectivity index (χ1n) is 6.92. The number of rotatable bonds is 7. The number of anilines is 1. The van der Waals surface area contributed by atoms with E-state index in [0.29, 0.717) is 29.6 Å². The number of ether oxygens (including phenoxy) is 1. The Morgan fingerprint density at radius 1 is 1.45 bits per heavy atom. The molecule has 1 unspecified atom stereocenters. The van der Waals surface area contributed by atoms with Crippen LogP contribution in [0.5, 0.6) is 5.75 Å². The summed E-state index contributed by atoms with van der Waals surface area (Å²) in [5.74, 6) is 0.474. The molecule has 0 spiro atoms. The minimum atomic E-state index is -0.229. The lowest BCUT2D eigenvalue weighted by Gasteiger charge is -2.19. The minimum Gasteiger partial charge on any atom is -0.491 e. The molecule has 1 rings (SSSR count). The van der Waals surface area contributed by atoms with Crippen molar-refractivity contribution in [1.29, 1.82) is 0 Å². The van der Waals surface area contributed by atoms with Crippen molar-refractivity contribution in [3.8, 4) is 5.75 Å². The van der Waals surface area contributed by atoms with E-state index in [2.05, 4.69) is 5.32 Å². The van der Waals surface area contributed by atoms with Crippen molar-refractivity contribution < 1.29 is 9.53 Å². The molecule has 0 aliphatic carbocycles. The highest BCUT2D eigenvalue weighted by molar-refractivity contribution is 6.31. The predicted octanol–water partition coefficient (Wildman–Crippen LogP) is 3.30. The van der Waals surface area contributed by atoms with E-state index >= 15 is 0 Å². The van der Waals surface area contributed by atoms with Gasteiger partial charge in [-0.15, -0.1) is 0 Å². The number of halogens is 1. The zero-order valence-corrected chi connectivity index (χ0v) is 13.0. The molecule has 0 bridgehead atoms. The first kappa shape index (κ1) is 16.8. The van der Waals surface area contributed by atoms with E-state index < -0.39 is 0 Å². The van der Waals surface area contributed by atoms with Crippen LogP contribution in [0.3, 0.4) is 0 Å². The van der Waals surface area contributed by atoms with Crippen molar-refractivity contribution in [2.75, 3.05) is 18.5 Å². The summed E-state index contributed by atoms with van der Waals surface area (Å²) in [6.07, 6.45) is 0.896. The molecule has 1 aromatic rings. The van der Waals surface area contributed by atoms with Crippen LogP contribution >= 0.6 is 11.6 Å². The third-order valence-corrected chi connectivity index (χ3v) is 3.29. The van der Waals surface area contributed by atoms with Crippen LogP contribution in [0.2, 0.25) is 5.02 Å². The van der Waals surface area contributed by atoms with Gasteiger partial charge in [0.2, 0.25) is 5.91 Å². The van der Waals surface area contributed by atoms with Crippen molar-refractivity contribution in [1.82, 2.24) is 0 Å². The van der Waals surface area contributed by atoms with Crippen LogP contribution in [-0.4, -0.2) is 19.1 Å². The molecule has 0 aliphatic rings. The maximum atomic E-state index is 12.2. The van der Waals surface area contributed by atoms with E-state index in [9.17, 15) is 4.79 Å². The molecule has 20 heavy (non-hydrogen) atoms. The quantitative estimate of drug-likeness (QED) is 0.812. The Labute approximate surface area is 125 Å². The Hall–Kier alpha value is -1.26. The van der Waals surface area contributed by atoms with Crippen LogP contribution in [0, 0.1) is 11.8 Å². The number of carbonyl (C=O) groups excluding carboxylic acids is 1. The summed E-state index contributed by atoms with van der Waals surface area (Å²) in [5, 5.41) is 3.42. The third kappa shape index (κ3) is 4.69.